The first kappa shape index (κ1) is 20.0. The predicted molar refractivity (Wildman–Crippen MR) is 107 cm³/mol. The standard InChI is InChI=1S/C21H25NO3S/c1-13-10-15(3)20(16(4)11-13)22-21(24)17(5)25-19(23)12-26-18-9-7-6-8-14(18)2/h6-11,17H,12H2,1-5H3,(H,22,24)/t17-/m1/s1. The number of nitrogens with one attached hydrogen (secondary N) is 1. The van der Waals surface area contributed by atoms with Gasteiger partial charge in [0, 0.05) is 10.6 Å². The number of benzene rings is 2. The Morgan fingerprint density at radius 2 is 1.65 bits per heavy atom. The zero-order valence-corrected chi connectivity index (χ0v) is 16.7. The Balaban J connectivity index is 1.90. The lowest BCUT2D eigenvalue weighted by molar-refractivity contribution is -0.150. The molecule has 0 aliphatic carbocycles. The minimum Gasteiger partial charge on any atom is -0.452 e. The van der Waals surface area contributed by atoms with Crippen molar-refractivity contribution in [3.8, 4) is 0 Å². The molecule has 1 atom stereocenters. The molecule has 138 valence electrons. The van der Waals surface area contributed by atoms with E-state index in [4.69, 9.17) is 4.74 Å². The van der Waals surface area contributed by atoms with Gasteiger partial charge in [-0.15, -0.1) is 11.8 Å². The summed E-state index contributed by atoms with van der Waals surface area (Å²) in [6.45, 7) is 9.50. The predicted octanol–water partition coefficient (Wildman–Crippen LogP) is 4.58. The maximum Gasteiger partial charge on any atom is 0.317 e. The molecule has 0 saturated heterocycles. The molecular formula is C21H25NO3S. The van der Waals surface area contributed by atoms with Gasteiger partial charge in [0.25, 0.3) is 5.91 Å². The molecule has 0 aliphatic rings. The summed E-state index contributed by atoms with van der Waals surface area (Å²) in [4.78, 5) is 25.5. The van der Waals surface area contributed by atoms with Gasteiger partial charge in [-0.1, -0.05) is 35.9 Å². The van der Waals surface area contributed by atoms with E-state index >= 15 is 0 Å². The lowest BCUT2D eigenvalue weighted by Gasteiger charge is -2.17. The zero-order valence-electron chi connectivity index (χ0n) is 15.9. The first-order valence-electron chi connectivity index (χ1n) is 8.54. The average Bonchev–Trinajstić information content (AvgIpc) is 2.57. The maximum absolute atomic E-state index is 12.4. The highest BCUT2D eigenvalue weighted by Gasteiger charge is 2.19. The van der Waals surface area contributed by atoms with Crippen LogP contribution in [0.1, 0.15) is 29.2 Å². The number of hydrogen-bond donors (Lipinski definition) is 1. The Labute approximate surface area is 159 Å². The molecule has 0 heterocycles. The summed E-state index contributed by atoms with van der Waals surface area (Å²) in [6.07, 6.45) is -0.847. The van der Waals surface area contributed by atoms with Crippen molar-refractivity contribution in [2.24, 2.45) is 0 Å². The molecule has 0 bridgehead atoms. The third kappa shape index (κ3) is 5.36. The summed E-state index contributed by atoms with van der Waals surface area (Å²) >= 11 is 1.41. The SMILES string of the molecule is Cc1cc(C)c(NC(=O)[C@@H](C)OC(=O)CSc2ccccc2C)c(C)c1. The molecule has 0 aromatic heterocycles. The number of carbonyl (C=O) groups excluding carboxylic acids is 2. The minimum atomic E-state index is -0.847. The van der Waals surface area contributed by atoms with Crippen molar-refractivity contribution < 1.29 is 14.3 Å². The summed E-state index contributed by atoms with van der Waals surface area (Å²) in [5.41, 5.74) is 5.01. The van der Waals surface area contributed by atoms with Crippen LogP contribution in [-0.2, 0) is 14.3 Å². The Morgan fingerprint density at radius 3 is 2.27 bits per heavy atom. The van der Waals surface area contributed by atoms with Crippen LogP contribution in [-0.4, -0.2) is 23.7 Å². The van der Waals surface area contributed by atoms with Crippen molar-refractivity contribution in [3.05, 3.63) is 58.7 Å². The molecule has 26 heavy (non-hydrogen) atoms. The van der Waals surface area contributed by atoms with Crippen LogP contribution >= 0.6 is 11.8 Å². The lowest BCUT2D eigenvalue weighted by Crippen LogP contribution is -2.31. The monoisotopic (exact) mass is 371 g/mol. The first-order chi connectivity index (χ1) is 12.3. The highest BCUT2D eigenvalue weighted by molar-refractivity contribution is 8.00. The van der Waals surface area contributed by atoms with Gasteiger partial charge in [-0.2, -0.15) is 0 Å². The van der Waals surface area contributed by atoms with E-state index in [1.807, 2.05) is 64.1 Å². The zero-order chi connectivity index (χ0) is 19.3. The van der Waals surface area contributed by atoms with Gasteiger partial charge in [-0.3, -0.25) is 9.59 Å². The fraction of sp³-hybridized carbons (Fsp3) is 0.333. The van der Waals surface area contributed by atoms with Crippen LogP contribution in [0.15, 0.2) is 41.3 Å². The third-order valence-corrected chi connectivity index (χ3v) is 5.19. The highest BCUT2D eigenvalue weighted by atomic mass is 32.2. The number of thioether (sulfide) groups is 1. The smallest absolute Gasteiger partial charge is 0.317 e. The summed E-state index contributed by atoms with van der Waals surface area (Å²) in [5, 5.41) is 2.87. The van der Waals surface area contributed by atoms with Crippen LogP contribution < -0.4 is 5.32 Å². The van der Waals surface area contributed by atoms with E-state index in [1.165, 1.54) is 11.8 Å². The molecule has 1 N–H and O–H groups in total. The average molecular weight is 372 g/mol. The number of ether oxygens (including phenoxy) is 1. The molecule has 2 aromatic rings. The van der Waals surface area contributed by atoms with Crippen LogP contribution in [0.25, 0.3) is 0 Å². The molecule has 1 amide bonds. The van der Waals surface area contributed by atoms with Gasteiger partial charge < -0.3 is 10.1 Å². The maximum atomic E-state index is 12.4. The second-order valence-corrected chi connectivity index (χ2v) is 7.47. The molecule has 0 unspecified atom stereocenters. The molecule has 0 radical (unpaired) electrons. The Morgan fingerprint density at radius 1 is 1.04 bits per heavy atom. The van der Waals surface area contributed by atoms with Gasteiger partial charge in [0.1, 0.15) is 0 Å². The Bertz CT molecular complexity index is 794. The van der Waals surface area contributed by atoms with Crippen molar-refractivity contribution in [3.63, 3.8) is 0 Å². The van der Waals surface area contributed by atoms with Gasteiger partial charge in [-0.05, 0) is 57.4 Å². The number of aryl methyl sites for hydroxylation is 4. The number of carbonyl (C=O) groups is 2. The fourth-order valence-electron chi connectivity index (χ4n) is 2.74. The van der Waals surface area contributed by atoms with Crippen LogP contribution in [0, 0.1) is 27.7 Å². The van der Waals surface area contributed by atoms with E-state index in [2.05, 4.69) is 5.32 Å². The van der Waals surface area contributed by atoms with E-state index in [0.29, 0.717) is 0 Å². The Hall–Kier alpha value is -2.27. The van der Waals surface area contributed by atoms with Gasteiger partial charge in [0.15, 0.2) is 6.10 Å². The van der Waals surface area contributed by atoms with Crippen molar-refractivity contribution in [2.75, 3.05) is 11.1 Å². The summed E-state index contributed by atoms with van der Waals surface area (Å²) in [6, 6.07) is 11.9. The number of rotatable bonds is 6. The van der Waals surface area contributed by atoms with E-state index in [-0.39, 0.29) is 11.7 Å². The van der Waals surface area contributed by atoms with E-state index in [0.717, 1.165) is 32.8 Å². The molecule has 0 fully saturated rings. The molecule has 0 spiro atoms. The lowest BCUT2D eigenvalue weighted by atomic mass is 10.0. The molecule has 2 aromatic carbocycles. The summed E-state index contributed by atoms with van der Waals surface area (Å²) < 4.78 is 5.28. The fourth-order valence-corrected chi connectivity index (χ4v) is 3.55. The normalized spacial score (nSPS) is 11.7. The van der Waals surface area contributed by atoms with Crippen molar-refractivity contribution >= 4 is 29.3 Å². The molecule has 5 heteroatoms. The molecule has 0 saturated carbocycles. The summed E-state index contributed by atoms with van der Waals surface area (Å²) in [7, 11) is 0. The Kier molecular flexibility index (Phi) is 6.86. The molecule has 4 nitrogen and oxygen atoms in total. The van der Waals surface area contributed by atoms with E-state index < -0.39 is 12.1 Å². The molecular weight excluding hydrogens is 346 g/mol. The van der Waals surface area contributed by atoms with Crippen LogP contribution in [0.5, 0.6) is 0 Å². The first-order valence-corrected chi connectivity index (χ1v) is 9.53. The molecule has 2 rings (SSSR count). The van der Waals surface area contributed by atoms with Crippen LogP contribution in [0.3, 0.4) is 0 Å². The van der Waals surface area contributed by atoms with Crippen molar-refractivity contribution in [2.45, 2.75) is 45.6 Å². The van der Waals surface area contributed by atoms with E-state index in [9.17, 15) is 9.59 Å². The van der Waals surface area contributed by atoms with Crippen molar-refractivity contribution in [1.29, 1.82) is 0 Å². The number of hydrogen-bond acceptors (Lipinski definition) is 4. The minimum absolute atomic E-state index is 0.172. The quantitative estimate of drug-likeness (QED) is 0.596. The van der Waals surface area contributed by atoms with Gasteiger partial charge in [0.05, 0.1) is 5.75 Å². The third-order valence-electron chi connectivity index (χ3n) is 4.04. The second kappa shape index (κ2) is 8.90. The molecule has 0 aliphatic heterocycles. The number of esters is 1. The van der Waals surface area contributed by atoms with Gasteiger partial charge in [0.2, 0.25) is 0 Å². The highest BCUT2D eigenvalue weighted by Crippen LogP contribution is 2.23. The topological polar surface area (TPSA) is 55.4 Å². The van der Waals surface area contributed by atoms with Crippen LogP contribution in [0.2, 0.25) is 0 Å². The number of amides is 1. The van der Waals surface area contributed by atoms with Crippen molar-refractivity contribution in [1.82, 2.24) is 0 Å². The largest absolute Gasteiger partial charge is 0.452 e. The van der Waals surface area contributed by atoms with Crippen LogP contribution in [0.4, 0.5) is 5.69 Å². The second-order valence-electron chi connectivity index (χ2n) is 6.45. The number of anilines is 1. The van der Waals surface area contributed by atoms with E-state index in [1.54, 1.807) is 6.92 Å². The van der Waals surface area contributed by atoms with Gasteiger partial charge >= 0.3 is 5.97 Å². The van der Waals surface area contributed by atoms with Gasteiger partial charge in [-0.25, -0.2) is 0 Å². The summed E-state index contributed by atoms with van der Waals surface area (Å²) in [5.74, 6) is -0.557.